The fraction of sp³-hybridized carbons (Fsp3) is 0.833. The summed E-state index contributed by atoms with van der Waals surface area (Å²) in [5.41, 5.74) is 0.460. The summed E-state index contributed by atoms with van der Waals surface area (Å²) >= 11 is 0. The van der Waals surface area contributed by atoms with E-state index in [9.17, 15) is 0 Å². The van der Waals surface area contributed by atoms with E-state index in [1.807, 2.05) is 0 Å². The molecule has 0 bridgehead atoms. The molecule has 13 heavy (non-hydrogen) atoms. The van der Waals surface area contributed by atoms with Crippen LogP contribution >= 0.6 is 0 Å². The zero-order valence-corrected chi connectivity index (χ0v) is 12.4. The first-order valence-electron chi connectivity index (χ1n) is 5.15. The molecule has 1 aliphatic rings. The van der Waals surface area contributed by atoms with Gasteiger partial charge in [0.15, 0.2) is 0 Å². The molecular weight excluding hydrogens is 233 g/mol. The largest absolute Gasteiger partial charge is 0.343 e. The topological polar surface area (TPSA) is 0 Å². The Bertz CT molecular complexity index is 101. The number of rotatable bonds is 2. The minimum atomic E-state index is 0. The minimum Gasteiger partial charge on any atom is -0.343 e. The molecule has 0 nitrogen and oxygen atoms in total. The average molecular weight is 257 g/mol. The molecule has 0 unspecified atom stereocenters. The van der Waals surface area contributed by atoms with Crippen LogP contribution in [0.15, 0.2) is 0 Å². The van der Waals surface area contributed by atoms with Crippen molar-refractivity contribution in [1.82, 2.24) is 0 Å². The maximum atomic E-state index is 4.12. The monoisotopic (exact) mass is 257 g/mol. The molecule has 0 aliphatic heterocycles. The predicted octanol–water partition coefficient (Wildman–Crippen LogP) is 4.26. The molecule has 0 spiro atoms. The fourth-order valence-corrected chi connectivity index (χ4v) is 1.30. The quantitative estimate of drug-likeness (QED) is 0.648. The minimum absolute atomic E-state index is 0. The van der Waals surface area contributed by atoms with Gasteiger partial charge < -0.3 is 13.8 Å². The van der Waals surface area contributed by atoms with Crippen LogP contribution in [0, 0.1) is 25.2 Å². The first-order valence-corrected chi connectivity index (χ1v) is 5.15. The Balaban J connectivity index is 0. The average Bonchev–Trinajstić information content (AvgIpc) is 1.84. The summed E-state index contributed by atoms with van der Waals surface area (Å²) in [6, 6.07) is 0. The molecule has 77 valence electrons. The van der Waals surface area contributed by atoms with Gasteiger partial charge in [-0.2, -0.15) is 11.8 Å². The second-order valence-electron chi connectivity index (χ2n) is 4.69. The predicted molar refractivity (Wildman–Crippen MR) is 56.7 cm³/mol. The zero-order chi connectivity index (χ0) is 9.61. The molecule has 0 aromatic heterocycles. The molecule has 1 saturated carbocycles. The molecule has 0 amide bonds. The maximum absolute atomic E-state index is 4.12. The Labute approximate surface area is 110 Å². The van der Waals surface area contributed by atoms with E-state index in [1.165, 1.54) is 25.7 Å². The molecule has 0 N–H and O–H groups in total. The van der Waals surface area contributed by atoms with Crippen molar-refractivity contribution in [2.45, 2.75) is 52.9 Å². The fourth-order valence-electron chi connectivity index (χ4n) is 1.30. The molecule has 0 saturated heterocycles. The number of hydrogen-bond acceptors (Lipinski definition) is 0. The molecule has 0 aromatic carbocycles. The summed E-state index contributed by atoms with van der Waals surface area (Å²) in [6.45, 7) is 14.4. The van der Waals surface area contributed by atoms with Gasteiger partial charge in [-0.15, -0.1) is 6.42 Å². The molecule has 1 rings (SSSR count). The van der Waals surface area contributed by atoms with Crippen LogP contribution in [0.1, 0.15) is 52.9 Å². The normalized spacial score (nSPS) is 18.0. The van der Waals surface area contributed by atoms with Crippen molar-refractivity contribution in [1.29, 1.82) is 0 Å². The summed E-state index contributed by atoms with van der Waals surface area (Å²) in [4.78, 5) is 0. The summed E-state index contributed by atoms with van der Waals surface area (Å²) in [5.74, 6) is 0.833. The van der Waals surface area contributed by atoms with Crippen LogP contribution in [-0.2, 0) is 32.7 Å². The third-order valence-corrected chi connectivity index (χ3v) is 2.12. The van der Waals surface area contributed by atoms with E-state index in [-0.39, 0.29) is 32.7 Å². The van der Waals surface area contributed by atoms with E-state index in [0.29, 0.717) is 5.41 Å². The molecule has 1 radical (unpaired) electrons. The number of hydrogen-bond donors (Lipinski definition) is 0. The molecule has 0 aromatic rings. The van der Waals surface area contributed by atoms with Gasteiger partial charge in [0, 0.05) is 32.7 Å². The standard InChI is InChI=1S/C8H14.C4H10.Y/c1-3-5-8(2)6-4-7-8;1-4(2)3;/h1-7H2;4H,1-3H3;/q-2;;. The summed E-state index contributed by atoms with van der Waals surface area (Å²) < 4.78 is 0. The van der Waals surface area contributed by atoms with Crippen molar-refractivity contribution in [2.75, 3.05) is 0 Å². The Morgan fingerprint density at radius 1 is 1.23 bits per heavy atom. The molecule has 1 fully saturated rings. The molecule has 1 aliphatic carbocycles. The van der Waals surface area contributed by atoms with Gasteiger partial charge in [0.2, 0.25) is 0 Å². The van der Waals surface area contributed by atoms with Crippen LogP contribution in [0.4, 0.5) is 0 Å². The Morgan fingerprint density at radius 2 is 1.62 bits per heavy atom. The van der Waals surface area contributed by atoms with Gasteiger partial charge in [-0.1, -0.05) is 40.0 Å². The Kier molecular flexibility index (Phi) is 10.7. The smallest absolute Gasteiger partial charge is 0 e. The van der Waals surface area contributed by atoms with Crippen LogP contribution in [-0.4, -0.2) is 0 Å². The molecule has 0 heterocycles. The Morgan fingerprint density at radius 3 is 1.69 bits per heavy atom. The van der Waals surface area contributed by atoms with Gasteiger partial charge in [0.05, 0.1) is 0 Å². The van der Waals surface area contributed by atoms with E-state index in [4.69, 9.17) is 0 Å². The zero-order valence-electron chi connectivity index (χ0n) is 9.60. The SMILES string of the molecule is CC(C)C.[CH2-]CCC1([CH2-])CCC1.[Y]. The second kappa shape index (κ2) is 8.42. The van der Waals surface area contributed by atoms with Gasteiger partial charge in [-0.05, 0) is 5.92 Å². The Hall–Kier alpha value is 1.10. The van der Waals surface area contributed by atoms with Crippen LogP contribution < -0.4 is 0 Å². The van der Waals surface area contributed by atoms with Gasteiger partial charge in [0.25, 0.3) is 0 Å². The van der Waals surface area contributed by atoms with Crippen molar-refractivity contribution in [3.05, 3.63) is 13.8 Å². The van der Waals surface area contributed by atoms with Gasteiger partial charge in [-0.25, -0.2) is 0 Å². The third kappa shape index (κ3) is 9.41. The molecule has 1 heteroatoms. The van der Waals surface area contributed by atoms with Crippen LogP contribution in [0.3, 0.4) is 0 Å². The van der Waals surface area contributed by atoms with Gasteiger partial charge >= 0.3 is 0 Å². The summed E-state index contributed by atoms with van der Waals surface area (Å²) in [6.07, 6.45) is 6.35. The second-order valence-corrected chi connectivity index (χ2v) is 4.69. The van der Waals surface area contributed by atoms with Crippen LogP contribution in [0.25, 0.3) is 0 Å². The van der Waals surface area contributed by atoms with Crippen molar-refractivity contribution < 1.29 is 32.7 Å². The maximum Gasteiger partial charge on any atom is 0 e. The van der Waals surface area contributed by atoms with E-state index in [2.05, 4.69) is 34.6 Å². The van der Waals surface area contributed by atoms with Crippen LogP contribution in [0.5, 0.6) is 0 Å². The van der Waals surface area contributed by atoms with Crippen molar-refractivity contribution in [3.8, 4) is 0 Å². The molecule has 0 atom stereocenters. The van der Waals surface area contributed by atoms with E-state index in [1.54, 1.807) is 0 Å². The first kappa shape index (κ1) is 16.5. The summed E-state index contributed by atoms with van der Waals surface area (Å²) in [5, 5.41) is 0. The summed E-state index contributed by atoms with van der Waals surface area (Å²) in [7, 11) is 0. The van der Waals surface area contributed by atoms with Crippen molar-refractivity contribution in [3.63, 3.8) is 0 Å². The van der Waals surface area contributed by atoms with Crippen molar-refractivity contribution in [2.24, 2.45) is 11.3 Å². The van der Waals surface area contributed by atoms with Gasteiger partial charge in [0.1, 0.15) is 0 Å². The van der Waals surface area contributed by atoms with Crippen LogP contribution in [0.2, 0.25) is 0 Å². The van der Waals surface area contributed by atoms with E-state index in [0.717, 1.165) is 12.3 Å². The third-order valence-electron chi connectivity index (χ3n) is 2.12. The van der Waals surface area contributed by atoms with E-state index < -0.39 is 0 Å². The van der Waals surface area contributed by atoms with Gasteiger partial charge in [-0.3, -0.25) is 0 Å². The van der Waals surface area contributed by atoms with E-state index >= 15 is 0 Å². The van der Waals surface area contributed by atoms with Crippen molar-refractivity contribution >= 4 is 0 Å². The first-order chi connectivity index (χ1) is 5.50. The molecular formula is C12H24Y-2.